The monoisotopic (exact) mass is 416 g/mol. The molecule has 1 heterocycles. The first kappa shape index (κ1) is 22.2. The van der Waals surface area contributed by atoms with Gasteiger partial charge in [-0.05, 0) is 50.5 Å². The van der Waals surface area contributed by atoms with E-state index in [1.807, 2.05) is 13.8 Å². The second kappa shape index (κ2) is 10.5. The van der Waals surface area contributed by atoms with E-state index in [1.165, 1.54) is 0 Å². The van der Waals surface area contributed by atoms with Gasteiger partial charge in [0.2, 0.25) is 11.8 Å². The van der Waals surface area contributed by atoms with Gasteiger partial charge in [0.05, 0.1) is 24.8 Å². The summed E-state index contributed by atoms with van der Waals surface area (Å²) in [6, 6.07) is 6.96. The topological polar surface area (TPSA) is 91.0 Å². The molecular weight excluding hydrogens is 384 g/mol. The molecule has 1 aromatic carbocycles. The fourth-order valence-corrected chi connectivity index (χ4v) is 3.40. The van der Waals surface area contributed by atoms with E-state index in [-0.39, 0.29) is 23.8 Å². The molecule has 1 unspecified atom stereocenters. The lowest BCUT2D eigenvalue weighted by Crippen LogP contribution is -2.55. The van der Waals surface area contributed by atoms with Crippen molar-refractivity contribution in [2.24, 2.45) is 0 Å². The van der Waals surface area contributed by atoms with Crippen LogP contribution in [0.4, 0.5) is 5.69 Å². The van der Waals surface area contributed by atoms with Crippen LogP contribution in [-0.2, 0) is 14.3 Å². The zero-order valence-electron chi connectivity index (χ0n) is 17.9. The zero-order chi connectivity index (χ0) is 21.5. The summed E-state index contributed by atoms with van der Waals surface area (Å²) < 4.78 is 5.10. The molecule has 0 spiro atoms. The number of benzene rings is 1. The third kappa shape index (κ3) is 6.53. The Hall–Kier alpha value is -2.45. The summed E-state index contributed by atoms with van der Waals surface area (Å²) in [5, 5.41) is 5.92. The average Bonchev–Trinajstić information content (AvgIpc) is 3.56. The quantitative estimate of drug-likeness (QED) is 0.593. The minimum Gasteiger partial charge on any atom is -0.462 e. The summed E-state index contributed by atoms with van der Waals surface area (Å²) in [6.07, 6.45) is 2.96. The van der Waals surface area contributed by atoms with Gasteiger partial charge in [0.15, 0.2) is 0 Å². The molecule has 8 nitrogen and oxygen atoms in total. The van der Waals surface area contributed by atoms with E-state index in [0.717, 1.165) is 45.4 Å². The summed E-state index contributed by atoms with van der Waals surface area (Å²) in [5.41, 5.74) is 1.12. The molecule has 3 rings (SSSR count). The van der Waals surface area contributed by atoms with E-state index >= 15 is 0 Å². The lowest BCUT2D eigenvalue weighted by molar-refractivity contribution is -0.127. The predicted molar refractivity (Wildman–Crippen MR) is 114 cm³/mol. The Kier molecular flexibility index (Phi) is 7.81. The van der Waals surface area contributed by atoms with E-state index in [4.69, 9.17) is 4.74 Å². The van der Waals surface area contributed by atoms with Crippen molar-refractivity contribution in [3.05, 3.63) is 29.8 Å². The molecule has 1 aromatic rings. The van der Waals surface area contributed by atoms with Gasteiger partial charge in [-0.15, -0.1) is 0 Å². The maximum atomic E-state index is 12.4. The number of carbonyl (C=O) groups excluding carboxylic acids is 3. The van der Waals surface area contributed by atoms with Gasteiger partial charge in [-0.25, -0.2) is 4.79 Å². The molecule has 1 aliphatic carbocycles. The first-order valence-corrected chi connectivity index (χ1v) is 10.8. The Morgan fingerprint density at radius 2 is 1.77 bits per heavy atom. The molecule has 8 heteroatoms. The van der Waals surface area contributed by atoms with Gasteiger partial charge < -0.3 is 15.4 Å². The molecule has 0 radical (unpaired) electrons. The number of nitrogens with one attached hydrogen (secondary N) is 2. The number of carbonyl (C=O) groups is 3. The highest BCUT2D eigenvalue weighted by molar-refractivity contribution is 5.94. The van der Waals surface area contributed by atoms with Crippen molar-refractivity contribution in [3.63, 3.8) is 0 Å². The van der Waals surface area contributed by atoms with Gasteiger partial charge in [-0.3, -0.25) is 19.4 Å². The molecule has 0 aromatic heterocycles. The minimum atomic E-state index is -0.354. The van der Waals surface area contributed by atoms with Crippen molar-refractivity contribution in [2.45, 2.75) is 45.2 Å². The molecule has 1 aliphatic heterocycles. The van der Waals surface area contributed by atoms with E-state index in [2.05, 4.69) is 20.4 Å². The zero-order valence-corrected chi connectivity index (χ0v) is 17.9. The average molecular weight is 417 g/mol. The molecule has 1 saturated heterocycles. The molecule has 0 bridgehead atoms. The normalized spacial score (nSPS) is 18.5. The predicted octanol–water partition coefficient (Wildman–Crippen LogP) is 1.48. The standard InChI is InChI=1S/C22H32N4O4/c1-3-14-30-22(29)17-4-6-18(7-5-17)23-20(27)15-25-10-12-26(13-11-25)16(2)21(28)24-19-8-9-19/h4-7,16,19H,3,8-15H2,1-2H3,(H,23,27)(H,24,28). The van der Waals surface area contributed by atoms with Gasteiger partial charge in [0.1, 0.15) is 0 Å². The third-order valence-electron chi connectivity index (χ3n) is 5.47. The number of rotatable bonds is 9. The van der Waals surface area contributed by atoms with Crippen LogP contribution >= 0.6 is 0 Å². The van der Waals surface area contributed by atoms with Crippen LogP contribution in [0.5, 0.6) is 0 Å². The summed E-state index contributed by atoms with van der Waals surface area (Å²) in [5.74, 6) is -0.345. The number of nitrogens with zero attached hydrogens (tertiary/aromatic N) is 2. The van der Waals surface area contributed by atoms with Crippen molar-refractivity contribution < 1.29 is 19.1 Å². The van der Waals surface area contributed by atoms with Crippen LogP contribution in [0.3, 0.4) is 0 Å². The first-order chi connectivity index (χ1) is 14.5. The first-order valence-electron chi connectivity index (χ1n) is 10.8. The summed E-state index contributed by atoms with van der Waals surface area (Å²) in [4.78, 5) is 40.7. The molecule has 1 saturated carbocycles. The maximum absolute atomic E-state index is 12.4. The highest BCUT2D eigenvalue weighted by atomic mass is 16.5. The van der Waals surface area contributed by atoms with Crippen LogP contribution in [-0.4, -0.2) is 79.0 Å². The summed E-state index contributed by atoms with van der Waals surface area (Å²) >= 11 is 0. The highest BCUT2D eigenvalue weighted by Gasteiger charge is 2.30. The van der Waals surface area contributed by atoms with Crippen LogP contribution in [0.2, 0.25) is 0 Å². The van der Waals surface area contributed by atoms with Gasteiger partial charge in [-0.2, -0.15) is 0 Å². The summed E-state index contributed by atoms with van der Waals surface area (Å²) in [7, 11) is 0. The minimum absolute atomic E-state index is 0.0933. The molecule has 2 N–H and O–H groups in total. The Bertz CT molecular complexity index is 740. The number of anilines is 1. The molecule has 30 heavy (non-hydrogen) atoms. The van der Waals surface area contributed by atoms with Gasteiger partial charge in [0.25, 0.3) is 0 Å². The Labute approximate surface area is 177 Å². The smallest absolute Gasteiger partial charge is 0.338 e. The lowest BCUT2D eigenvalue weighted by Gasteiger charge is -2.37. The number of hydrogen-bond acceptors (Lipinski definition) is 6. The van der Waals surface area contributed by atoms with Crippen molar-refractivity contribution in [2.75, 3.05) is 44.6 Å². The molecule has 2 aliphatic rings. The molecular formula is C22H32N4O4. The van der Waals surface area contributed by atoms with Crippen LogP contribution in [0, 0.1) is 0 Å². The Balaban J connectivity index is 1.39. The maximum Gasteiger partial charge on any atom is 0.338 e. The second-order valence-corrected chi connectivity index (χ2v) is 8.03. The number of ether oxygens (including phenoxy) is 1. The SMILES string of the molecule is CCCOC(=O)c1ccc(NC(=O)CN2CCN(C(C)C(=O)NC3CC3)CC2)cc1. The van der Waals surface area contributed by atoms with Crippen LogP contribution < -0.4 is 10.6 Å². The molecule has 2 fully saturated rings. The number of amides is 2. The van der Waals surface area contributed by atoms with Crippen molar-refractivity contribution in [1.82, 2.24) is 15.1 Å². The van der Waals surface area contributed by atoms with Crippen LogP contribution in [0.1, 0.15) is 43.5 Å². The van der Waals surface area contributed by atoms with Gasteiger partial charge >= 0.3 is 5.97 Å². The Morgan fingerprint density at radius 1 is 1.10 bits per heavy atom. The fraction of sp³-hybridized carbons (Fsp3) is 0.591. The van der Waals surface area contributed by atoms with E-state index in [0.29, 0.717) is 30.4 Å². The van der Waals surface area contributed by atoms with Crippen molar-refractivity contribution in [3.8, 4) is 0 Å². The molecule has 164 valence electrons. The number of esters is 1. The fourth-order valence-electron chi connectivity index (χ4n) is 3.40. The van der Waals surface area contributed by atoms with Crippen molar-refractivity contribution >= 4 is 23.5 Å². The van der Waals surface area contributed by atoms with Gasteiger partial charge in [-0.1, -0.05) is 6.92 Å². The van der Waals surface area contributed by atoms with E-state index < -0.39 is 0 Å². The number of hydrogen-bond donors (Lipinski definition) is 2. The van der Waals surface area contributed by atoms with Crippen LogP contribution in [0.15, 0.2) is 24.3 Å². The van der Waals surface area contributed by atoms with Crippen molar-refractivity contribution in [1.29, 1.82) is 0 Å². The largest absolute Gasteiger partial charge is 0.462 e. The molecule has 1 atom stereocenters. The Morgan fingerprint density at radius 3 is 2.37 bits per heavy atom. The summed E-state index contributed by atoms with van der Waals surface area (Å²) in [6.45, 7) is 7.61. The number of piperazine rings is 1. The van der Waals surface area contributed by atoms with E-state index in [1.54, 1.807) is 24.3 Å². The van der Waals surface area contributed by atoms with E-state index in [9.17, 15) is 14.4 Å². The van der Waals surface area contributed by atoms with Crippen LogP contribution in [0.25, 0.3) is 0 Å². The lowest BCUT2D eigenvalue weighted by atomic mass is 10.2. The highest BCUT2D eigenvalue weighted by Crippen LogP contribution is 2.19. The van der Waals surface area contributed by atoms with Gasteiger partial charge in [0, 0.05) is 37.9 Å². The molecule has 2 amide bonds. The second-order valence-electron chi connectivity index (χ2n) is 8.03. The third-order valence-corrected chi connectivity index (χ3v) is 5.47.